The molecule has 0 aliphatic rings. The lowest BCUT2D eigenvalue weighted by atomic mass is 9.91. The highest BCUT2D eigenvalue weighted by molar-refractivity contribution is 5.91. The molecular formula is C30H35N3O4. The number of hydroxylamine groups is 1. The second kappa shape index (κ2) is 13.4. The predicted octanol–water partition coefficient (Wildman–Crippen LogP) is 4.73. The number of hydrogen-bond acceptors (Lipinski definition) is 4. The van der Waals surface area contributed by atoms with Crippen LogP contribution in [0, 0.1) is 11.8 Å². The van der Waals surface area contributed by atoms with Gasteiger partial charge in [-0.1, -0.05) is 98.8 Å². The zero-order valence-electron chi connectivity index (χ0n) is 21.6. The van der Waals surface area contributed by atoms with Crippen molar-refractivity contribution in [2.45, 2.75) is 39.3 Å². The highest BCUT2D eigenvalue weighted by Crippen LogP contribution is 2.28. The highest BCUT2D eigenvalue weighted by Gasteiger charge is 2.33. The third kappa shape index (κ3) is 7.75. The van der Waals surface area contributed by atoms with Crippen molar-refractivity contribution in [2.24, 2.45) is 11.8 Å². The first-order valence-corrected chi connectivity index (χ1v) is 12.5. The van der Waals surface area contributed by atoms with Crippen molar-refractivity contribution in [1.29, 1.82) is 0 Å². The molecule has 0 aliphatic heterocycles. The summed E-state index contributed by atoms with van der Waals surface area (Å²) in [6.07, 6.45) is 0.283. The largest absolute Gasteiger partial charge is 0.350 e. The van der Waals surface area contributed by atoms with E-state index in [1.165, 1.54) is 4.90 Å². The molecule has 0 spiro atoms. The smallest absolute Gasteiger partial charge is 0.247 e. The van der Waals surface area contributed by atoms with E-state index in [4.69, 9.17) is 5.21 Å². The van der Waals surface area contributed by atoms with Gasteiger partial charge in [-0.05, 0) is 34.6 Å². The van der Waals surface area contributed by atoms with Gasteiger partial charge in [0.2, 0.25) is 17.7 Å². The van der Waals surface area contributed by atoms with Crippen molar-refractivity contribution >= 4 is 17.7 Å². The second-order valence-corrected chi connectivity index (χ2v) is 9.61. The Morgan fingerprint density at radius 1 is 0.838 bits per heavy atom. The first-order valence-electron chi connectivity index (χ1n) is 12.5. The van der Waals surface area contributed by atoms with Crippen molar-refractivity contribution in [3.63, 3.8) is 0 Å². The number of rotatable bonds is 11. The minimum atomic E-state index is -0.895. The summed E-state index contributed by atoms with van der Waals surface area (Å²) in [4.78, 5) is 40.5. The van der Waals surface area contributed by atoms with Crippen LogP contribution < -0.4 is 10.8 Å². The lowest BCUT2D eigenvalue weighted by Gasteiger charge is -2.31. The molecule has 0 saturated carbocycles. The SMILES string of the molecule is CC(C)C[C@H](CC(=O)NO)C(=O)N(C)C(C(=O)NCc1ccccc1)c1ccc(-c2ccccc2)cc1. The average Bonchev–Trinajstić information content (AvgIpc) is 2.92. The normalized spacial score (nSPS) is 12.5. The summed E-state index contributed by atoms with van der Waals surface area (Å²) in [6.45, 7) is 4.25. The molecule has 0 radical (unpaired) electrons. The number of carbonyl (C=O) groups is 3. The maximum atomic E-state index is 13.6. The van der Waals surface area contributed by atoms with Crippen LogP contribution in [0.4, 0.5) is 0 Å². The first-order chi connectivity index (χ1) is 17.8. The number of nitrogens with one attached hydrogen (secondary N) is 2. The number of hydrogen-bond donors (Lipinski definition) is 3. The Labute approximate surface area is 218 Å². The van der Waals surface area contributed by atoms with Crippen molar-refractivity contribution in [1.82, 2.24) is 15.7 Å². The van der Waals surface area contributed by atoms with Crippen molar-refractivity contribution in [3.05, 3.63) is 96.1 Å². The van der Waals surface area contributed by atoms with Crippen LogP contribution in [0.15, 0.2) is 84.9 Å². The van der Waals surface area contributed by atoms with E-state index in [-0.39, 0.29) is 24.2 Å². The standard InChI is InChI=1S/C30H35N3O4/c1-21(2)18-26(19-27(34)32-37)30(36)33(3)28(29(35)31-20-22-10-6-4-7-11-22)25-16-14-24(15-17-25)23-12-8-5-9-13-23/h4-17,21,26,28,37H,18-20H2,1-3H3,(H,31,35)(H,32,34)/t26-,28?/m1/s1. The van der Waals surface area contributed by atoms with Gasteiger partial charge in [0, 0.05) is 25.9 Å². The van der Waals surface area contributed by atoms with E-state index in [0.29, 0.717) is 18.5 Å². The molecule has 0 fully saturated rings. The van der Waals surface area contributed by atoms with Gasteiger partial charge in [0.25, 0.3) is 0 Å². The van der Waals surface area contributed by atoms with Gasteiger partial charge in [0.15, 0.2) is 0 Å². The first kappa shape index (κ1) is 27.6. The number of likely N-dealkylation sites (N-methyl/N-ethyl adjacent to an activating group) is 1. The van der Waals surface area contributed by atoms with E-state index in [1.54, 1.807) is 12.5 Å². The minimum absolute atomic E-state index is 0.143. The third-order valence-electron chi connectivity index (χ3n) is 6.29. The molecular weight excluding hydrogens is 466 g/mol. The summed E-state index contributed by atoms with van der Waals surface area (Å²) in [7, 11) is 1.59. The fraction of sp³-hybridized carbons (Fsp3) is 0.300. The molecule has 1 unspecified atom stereocenters. The number of amides is 3. The van der Waals surface area contributed by atoms with Crippen LogP contribution in [0.2, 0.25) is 0 Å². The van der Waals surface area contributed by atoms with Crippen LogP contribution in [0.3, 0.4) is 0 Å². The monoisotopic (exact) mass is 501 g/mol. The Morgan fingerprint density at radius 3 is 1.97 bits per heavy atom. The van der Waals surface area contributed by atoms with Gasteiger partial charge >= 0.3 is 0 Å². The van der Waals surface area contributed by atoms with Crippen LogP contribution in [0.1, 0.15) is 43.9 Å². The molecule has 3 aromatic carbocycles. The van der Waals surface area contributed by atoms with Gasteiger partial charge in [-0.25, -0.2) is 5.48 Å². The molecule has 7 heteroatoms. The highest BCUT2D eigenvalue weighted by atomic mass is 16.5. The summed E-state index contributed by atoms with van der Waals surface area (Å²) in [5.74, 6) is -1.81. The molecule has 3 amide bonds. The van der Waals surface area contributed by atoms with Crippen LogP contribution in [-0.4, -0.2) is 34.9 Å². The summed E-state index contributed by atoms with van der Waals surface area (Å²) in [5.41, 5.74) is 5.28. The van der Waals surface area contributed by atoms with Gasteiger partial charge in [0.05, 0.1) is 0 Å². The molecule has 2 atom stereocenters. The topological polar surface area (TPSA) is 98.7 Å². The van der Waals surface area contributed by atoms with Crippen molar-refractivity contribution in [3.8, 4) is 11.1 Å². The van der Waals surface area contributed by atoms with Crippen LogP contribution in [0.25, 0.3) is 11.1 Å². The quantitative estimate of drug-likeness (QED) is 0.261. The minimum Gasteiger partial charge on any atom is -0.350 e. The summed E-state index contributed by atoms with van der Waals surface area (Å²) in [5, 5.41) is 12.0. The van der Waals surface area contributed by atoms with Crippen molar-refractivity contribution in [2.75, 3.05) is 7.05 Å². The van der Waals surface area contributed by atoms with E-state index in [1.807, 2.05) is 98.8 Å². The molecule has 0 aromatic heterocycles. The lowest BCUT2D eigenvalue weighted by Crippen LogP contribution is -2.44. The Bertz CT molecular complexity index is 1160. The summed E-state index contributed by atoms with van der Waals surface area (Å²) < 4.78 is 0. The van der Waals surface area contributed by atoms with E-state index in [2.05, 4.69) is 5.32 Å². The van der Waals surface area contributed by atoms with Gasteiger partial charge < -0.3 is 10.2 Å². The van der Waals surface area contributed by atoms with E-state index >= 15 is 0 Å². The maximum absolute atomic E-state index is 13.6. The fourth-order valence-electron chi connectivity index (χ4n) is 4.45. The number of carbonyl (C=O) groups excluding carboxylic acids is 3. The Balaban J connectivity index is 1.90. The molecule has 37 heavy (non-hydrogen) atoms. The van der Waals surface area contributed by atoms with E-state index in [9.17, 15) is 14.4 Å². The van der Waals surface area contributed by atoms with Crippen LogP contribution in [0.5, 0.6) is 0 Å². The maximum Gasteiger partial charge on any atom is 0.247 e. The molecule has 3 N–H and O–H groups in total. The molecule has 0 bridgehead atoms. The molecule has 0 aliphatic carbocycles. The Hall–Kier alpha value is -3.97. The second-order valence-electron chi connectivity index (χ2n) is 9.61. The lowest BCUT2D eigenvalue weighted by molar-refractivity contribution is -0.145. The Morgan fingerprint density at radius 2 is 1.41 bits per heavy atom. The van der Waals surface area contributed by atoms with Crippen LogP contribution in [-0.2, 0) is 20.9 Å². The van der Waals surface area contributed by atoms with Gasteiger partial charge in [0.1, 0.15) is 6.04 Å². The van der Waals surface area contributed by atoms with E-state index in [0.717, 1.165) is 16.7 Å². The zero-order chi connectivity index (χ0) is 26.8. The summed E-state index contributed by atoms with van der Waals surface area (Å²) in [6, 6.07) is 26.2. The number of nitrogens with zero attached hydrogens (tertiary/aromatic N) is 1. The summed E-state index contributed by atoms with van der Waals surface area (Å²) >= 11 is 0. The predicted molar refractivity (Wildman–Crippen MR) is 143 cm³/mol. The van der Waals surface area contributed by atoms with Gasteiger partial charge in [-0.3, -0.25) is 19.6 Å². The average molecular weight is 502 g/mol. The molecule has 3 aromatic rings. The fourth-order valence-corrected chi connectivity index (χ4v) is 4.45. The Kier molecular flexibility index (Phi) is 9.98. The van der Waals surface area contributed by atoms with E-state index < -0.39 is 17.9 Å². The van der Waals surface area contributed by atoms with Crippen molar-refractivity contribution < 1.29 is 19.6 Å². The van der Waals surface area contributed by atoms with Gasteiger partial charge in [-0.15, -0.1) is 0 Å². The molecule has 0 heterocycles. The number of benzene rings is 3. The van der Waals surface area contributed by atoms with Gasteiger partial charge in [-0.2, -0.15) is 0 Å². The molecule has 0 saturated heterocycles. The molecule has 194 valence electrons. The van der Waals surface area contributed by atoms with Crippen LogP contribution >= 0.6 is 0 Å². The molecule has 3 rings (SSSR count). The third-order valence-corrected chi connectivity index (χ3v) is 6.29. The zero-order valence-corrected chi connectivity index (χ0v) is 21.6. The molecule has 7 nitrogen and oxygen atoms in total.